The third kappa shape index (κ3) is 4.36. The first-order valence-corrected chi connectivity index (χ1v) is 11.7. The molecule has 2 unspecified atom stereocenters. The van der Waals surface area contributed by atoms with E-state index in [9.17, 15) is 14.7 Å². The van der Waals surface area contributed by atoms with E-state index in [4.69, 9.17) is 0 Å². The summed E-state index contributed by atoms with van der Waals surface area (Å²) in [7, 11) is 0. The van der Waals surface area contributed by atoms with Crippen LogP contribution >= 0.6 is 11.3 Å². The number of allylic oxidation sites excluding steroid dienone is 3. The fraction of sp³-hybridized carbons (Fsp3) is 0.360. The van der Waals surface area contributed by atoms with Crippen molar-refractivity contribution in [3.05, 3.63) is 78.9 Å². The van der Waals surface area contributed by atoms with Crippen molar-refractivity contribution in [2.75, 3.05) is 6.54 Å². The minimum Gasteiger partial charge on any atom is -0.369 e. The van der Waals surface area contributed by atoms with Gasteiger partial charge >= 0.3 is 0 Å². The van der Waals surface area contributed by atoms with Crippen molar-refractivity contribution in [1.82, 2.24) is 9.47 Å². The van der Waals surface area contributed by atoms with Gasteiger partial charge in [-0.25, -0.2) is 4.57 Å². The summed E-state index contributed by atoms with van der Waals surface area (Å²) >= 11 is 1.50. The van der Waals surface area contributed by atoms with Crippen molar-refractivity contribution in [3.8, 4) is 0 Å². The standard InChI is InChI=1S/C25H28N2O3S/c1-3-26(19-12-10-17(2)11-13-19)24(29)21-15-18-7-4-5-9-22(18)27(25(21)30)23(28)16-20-8-6-14-31-20/h6-10,12-15,17,24,29H,3-5,11,16H2,1-2H3. The van der Waals surface area contributed by atoms with Crippen LogP contribution in [0.1, 0.15) is 54.6 Å². The molecule has 0 aliphatic heterocycles. The Kier molecular flexibility index (Phi) is 6.39. The van der Waals surface area contributed by atoms with Crippen molar-refractivity contribution < 1.29 is 9.90 Å². The van der Waals surface area contributed by atoms with E-state index in [-0.39, 0.29) is 17.9 Å². The Hall–Kier alpha value is -2.70. The quantitative estimate of drug-likeness (QED) is 0.708. The van der Waals surface area contributed by atoms with Crippen LogP contribution in [-0.4, -0.2) is 27.0 Å². The van der Waals surface area contributed by atoms with Gasteiger partial charge in [0, 0.05) is 17.1 Å². The van der Waals surface area contributed by atoms with Gasteiger partial charge in [-0.3, -0.25) is 9.59 Å². The molecule has 2 aliphatic carbocycles. The predicted octanol–water partition coefficient (Wildman–Crippen LogP) is 2.94. The Bertz CT molecular complexity index is 1200. The first kappa shape index (κ1) is 21.5. The number of aliphatic hydroxyl groups excluding tert-OH is 1. The second-order valence-electron chi connectivity index (χ2n) is 8.08. The number of hydrogen-bond acceptors (Lipinski definition) is 5. The van der Waals surface area contributed by atoms with E-state index in [0.29, 0.717) is 17.8 Å². The average molecular weight is 437 g/mol. The molecule has 0 saturated heterocycles. The topological polar surface area (TPSA) is 62.5 Å². The number of carbonyl (C=O) groups excluding carboxylic acids is 1. The number of likely N-dealkylation sites (N-methyl/N-ethyl adjacent to an activating group) is 1. The number of nitrogens with zero attached hydrogens (tertiary/aromatic N) is 2. The average Bonchev–Trinajstić information content (AvgIpc) is 3.28. The van der Waals surface area contributed by atoms with Gasteiger partial charge in [0.05, 0.1) is 17.3 Å². The molecule has 5 nitrogen and oxygen atoms in total. The lowest BCUT2D eigenvalue weighted by molar-refractivity contribution is 0.0310. The van der Waals surface area contributed by atoms with E-state index >= 15 is 0 Å². The molecule has 6 heteroatoms. The van der Waals surface area contributed by atoms with E-state index in [1.54, 1.807) is 6.07 Å². The number of pyridine rings is 1. The number of hydrogen-bond donors (Lipinski definition) is 1. The largest absolute Gasteiger partial charge is 0.369 e. The molecule has 2 aromatic rings. The van der Waals surface area contributed by atoms with Crippen molar-refractivity contribution in [2.24, 2.45) is 5.92 Å². The van der Waals surface area contributed by atoms with Crippen LogP contribution in [0, 0.1) is 5.92 Å². The van der Waals surface area contributed by atoms with Crippen molar-refractivity contribution in [3.63, 3.8) is 0 Å². The minimum absolute atomic E-state index is 0.167. The molecular formula is C25H28N2O3S. The van der Waals surface area contributed by atoms with Crippen LogP contribution in [-0.2, 0) is 6.42 Å². The van der Waals surface area contributed by atoms with Gasteiger partial charge in [0.1, 0.15) is 0 Å². The Balaban J connectivity index is 1.79. The first-order chi connectivity index (χ1) is 15.0. The van der Waals surface area contributed by atoms with Gasteiger partial charge in [0.15, 0.2) is 6.23 Å². The molecule has 4 rings (SSSR count). The molecule has 2 heterocycles. The molecule has 2 aromatic heterocycles. The summed E-state index contributed by atoms with van der Waals surface area (Å²) in [6.45, 7) is 4.64. The first-order valence-electron chi connectivity index (χ1n) is 10.8. The van der Waals surface area contributed by atoms with Crippen LogP contribution in [0.3, 0.4) is 0 Å². The van der Waals surface area contributed by atoms with Crippen LogP contribution in [0.5, 0.6) is 0 Å². The van der Waals surface area contributed by atoms with Crippen LogP contribution < -0.4 is 16.1 Å². The molecule has 1 N–H and O–H groups in total. The molecule has 2 atom stereocenters. The molecule has 0 aromatic carbocycles. The van der Waals surface area contributed by atoms with Crippen LogP contribution in [0.15, 0.2) is 52.3 Å². The fourth-order valence-corrected chi connectivity index (χ4v) is 4.87. The van der Waals surface area contributed by atoms with Crippen LogP contribution in [0.2, 0.25) is 0 Å². The summed E-state index contributed by atoms with van der Waals surface area (Å²) in [5, 5.41) is 14.6. The molecule has 162 valence electrons. The summed E-state index contributed by atoms with van der Waals surface area (Å²) in [5.74, 6) is 0.193. The number of aliphatic hydroxyl groups is 1. The maximum Gasteiger partial charge on any atom is 0.265 e. The van der Waals surface area contributed by atoms with E-state index in [1.165, 1.54) is 15.9 Å². The molecule has 0 radical (unpaired) electrons. The molecule has 2 aliphatic rings. The smallest absolute Gasteiger partial charge is 0.265 e. The second kappa shape index (κ2) is 9.20. The zero-order chi connectivity index (χ0) is 22.0. The van der Waals surface area contributed by atoms with Crippen molar-refractivity contribution in [2.45, 2.75) is 45.8 Å². The molecule has 0 bridgehead atoms. The summed E-state index contributed by atoms with van der Waals surface area (Å²) in [4.78, 5) is 29.4. The maximum absolute atomic E-state index is 13.5. The molecule has 0 amide bonds. The lowest BCUT2D eigenvalue weighted by atomic mass is 10.0. The Morgan fingerprint density at radius 1 is 1.32 bits per heavy atom. The van der Waals surface area contributed by atoms with Gasteiger partial charge < -0.3 is 10.0 Å². The summed E-state index contributed by atoms with van der Waals surface area (Å²) in [6.07, 6.45) is 11.8. The third-order valence-corrected chi connectivity index (χ3v) is 6.74. The number of fused-ring (bicyclic) bond motifs is 1. The lowest BCUT2D eigenvalue weighted by Crippen LogP contribution is -2.50. The molecule has 31 heavy (non-hydrogen) atoms. The molecule has 0 fully saturated rings. The minimum atomic E-state index is -1.12. The number of thiophene rings is 1. The highest BCUT2D eigenvalue weighted by Gasteiger charge is 2.25. The number of aromatic nitrogens is 1. The van der Waals surface area contributed by atoms with E-state index in [0.717, 1.165) is 35.1 Å². The highest BCUT2D eigenvalue weighted by atomic mass is 32.1. The van der Waals surface area contributed by atoms with Gasteiger partial charge in [0.25, 0.3) is 5.56 Å². The number of rotatable bonds is 6. The molecule has 0 spiro atoms. The van der Waals surface area contributed by atoms with Gasteiger partial charge in [-0.2, -0.15) is 0 Å². The highest BCUT2D eigenvalue weighted by molar-refractivity contribution is 7.10. The number of carbonyl (C=O) groups is 1. The van der Waals surface area contributed by atoms with Gasteiger partial charge in [-0.15, -0.1) is 11.3 Å². The van der Waals surface area contributed by atoms with Crippen LogP contribution in [0.25, 0.3) is 12.2 Å². The summed E-state index contributed by atoms with van der Waals surface area (Å²) < 4.78 is 1.27. The SMILES string of the molecule is CCN(C1=CCC(C)C=C1)C(O)c1cc2c(n(C(=O)Cc3cccs3)c1=O)=CCCC=2. The zero-order valence-corrected chi connectivity index (χ0v) is 18.8. The Morgan fingerprint density at radius 2 is 2.13 bits per heavy atom. The van der Waals surface area contributed by atoms with Crippen molar-refractivity contribution in [1.29, 1.82) is 0 Å². The third-order valence-electron chi connectivity index (χ3n) is 5.86. The molecule has 0 saturated carbocycles. The van der Waals surface area contributed by atoms with E-state index < -0.39 is 11.8 Å². The Labute approximate surface area is 186 Å². The normalized spacial score (nSPS) is 18.4. The Morgan fingerprint density at radius 3 is 2.81 bits per heavy atom. The van der Waals surface area contributed by atoms with Gasteiger partial charge in [-0.1, -0.05) is 37.3 Å². The second-order valence-corrected chi connectivity index (χ2v) is 9.11. The van der Waals surface area contributed by atoms with Crippen molar-refractivity contribution >= 4 is 29.4 Å². The predicted molar refractivity (Wildman–Crippen MR) is 125 cm³/mol. The van der Waals surface area contributed by atoms with Gasteiger partial charge in [0.2, 0.25) is 5.91 Å². The maximum atomic E-state index is 13.5. The fourth-order valence-electron chi connectivity index (χ4n) is 4.17. The zero-order valence-electron chi connectivity index (χ0n) is 18.0. The lowest BCUT2D eigenvalue weighted by Gasteiger charge is -2.31. The van der Waals surface area contributed by atoms with E-state index in [2.05, 4.69) is 19.1 Å². The monoisotopic (exact) mass is 436 g/mol. The summed E-state index contributed by atoms with van der Waals surface area (Å²) in [6, 6.07) is 5.55. The van der Waals surface area contributed by atoms with E-state index in [1.807, 2.05) is 47.6 Å². The molecular weight excluding hydrogens is 408 g/mol. The highest BCUT2D eigenvalue weighted by Crippen LogP contribution is 2.25. The van der Waals surface area contributed by atoms with Crippen LogP contribution in [0.4, 0.5) is 0 Å². The summed E-state index contributed by atoms with van der Waals surface area (Å²) in [5.41, 5.74) is 0.698. The van der Waals surface area contributed by atoms with Gasteiger partial charge in [-0.05, 0) is 60.9 Å².